The van der Waals surface area contributed by atoms with Crippen LogP contribution < -0.4 is 10.2 Å². The fraction of sp³-hybridized carbons (Fsp3) is 0.615. The van der Waals surface area contributed by atoms with Gasteiger partial charge in [-0.2, -0.15) is 0 Å². The molecule has 1 N–H and O–H groups in total. The quantitative estimate of drug-likeness (QED) is 0.520. The van der Waals surface area contributed by atoms with Gasteiger partial charge in [0.15, 0.2) is 5.96 Å². The van der Waals surface area contributed by atoms with Gasteiger partial charge in [-0.05, 0) is 23.9 Å². The molecule has 0 atom stereocenters. The molecular formula is C13H21FN4S. The van der Waals surface area contributed by atoms with Gasteiger partial charge in [0.2, 0.25) is 0 Å². The molecule has 2 rings (SSSR count). The second kappa shape index (κ2) is 7.33. The summed E-state index contributed by atoms with van der Waals surface area (Å²) >= 11 is 1.78. The zero-order valence-corrected chi connectivity index (χ0v) is 12.1. The number of thiophene rings is 1. The molecular weight excluding hydrogens is 263 g/mol. The second-order valence-electron chi connectivity index (χ2n) is 4.44. The van der Waals surface area contributed by atoms with Crippen LogP contribution in [-0.2, 0) is 0 Å². The maximum absolute atomic E-state index is 12.1. The van der Waals surface area contributed by atoms with Crippen LogP contribution in [0.25, 0.3) is 0 Å². The summed E-state index contributed by atoms with van der Waals surface area (Å²) in [6.45, 7) is 4.28. The molecule has 0 saturated carbocycles. The molecule has 0 aliphatic carbocycles. The lowest BCUT2D eigenvalue weighted by molar-refractivity contribution is 0.371. The number of nitrogens with zero attached hydrogens (tertiary/aromatic N) is 3. The lowest BCUT2D eigenvalue weighted by Crippen LogP contribution is -2.52. The third-order valence-electron chi connectivity index (χ3n) is 3.20. The molecule has 106 valence electrons. The number of anilines is 1. The van der Waals surface area contributed by atoms with E-state index in [2.05, 4.69) is 37.6 Å². The van der Waals surface area contributed by atoms with Gasteiger partial charge in [0, 0.05) is 39.8 Å². The van der Waals surface area contributed by atoms with E-state index < -0.39 is 0 Å². The van der Waals surface area contributed by atoms with Crippen LogP contribution in [0.3, 0.4) is 0 Å². The van der Waals surface area contributed by atoms with Crippen LogP contribution in [0.1, 0.15) is 6.42 Å². The molecule has 0 radical (unpaired) electrons. The maximum atomic E-state index is 12.1. The summed E-state index contributed by atoms with van der Waals surface area (Å²) < 4.78 is 12.1. The Morgan fingerprint density at radius 2 is 2.21 bits per heavy atom. The summed E-state index contributed by atoms with van der Waals surface area (Å²) in [5.74, 6) is 0.888. The Labute approximate surface area is 117 Å². The molecule has 6 heteroatoms. The van der Waals surface area contributed by atoms with Crippen LogP contribution in [0.5, 0.6) is 0 Å². The van der Waals surface area contributed by atoms with Crippen molar-refractivity contribution in [3.8, 4) is 0 Å². The maximum Gasteiger partial charge on any atom is 0.193 e. The fourth-order valence-electron chi connectivity index (χ4n) is 2.19. The summed E-state index contributed by atoms with van der Waals surface area (Å²) in [7, 11) is 1.78. The van der Waals surface area contributed by atoms with E-state index in [0.717, 1.165) is 32.1 Å². The highest BCUT2D eigenvalue weighted by Crippen LogP contribution is 2.22. The predicted octanol–water partition coefficient (Wildman–Crippen LogP) is 1.81. The van der Waals surface area contributed by atoms with Gasteiger partial charge < -0.3 is 15.1 Å². The Morgan fingerprint density at radius 1 is 1.42 bits per heavy atom. The number of hydrogen-bond acceptors (Lipinski definition) is 3. The Bertz CT molecular complexity index is 385. The van der Waals surface area contributed by atoms with Crippen LogP contribution >= 0.6 is 11.3 Å². The fourth-order valence-corrected chi connectivity index (χ4v) is 2.97. The number of hydrogen-bond donors (Lipinski definition) is 1. The van der Waals surface area contributed by atoms with E-state index in [4.69, 9.17) is 0 Å². The molecule has 1 aromatic rings. The van der Waals surface area contributed by atoms with Crippen molar-refractivity contribution in [3.63, 3.8) is 0 Å². The summed E-state index contributed by atoms with van der Waals surface area (Å²) in [6, 6.07) is 4.25. The number of alkyl halides is 1. The molecule has 1 aromatic heterocycles. The van der Waals surface area contributed by atoms with E-state index in [0.29, 0.717) is 13.0 Å². The first-order valence-corrected chi connectivity index (χ1v) is 7.53. The Morgan fingerprint density at radius 3 is 2.79 bits per heavy atom. The average Bonchev–Trinajstić information content (AvgIpc) is 2.98. The highest BCUT2D eigenvalue weighted by atomic mass is 32.1. The third kappa shape index (κ3) is 3.83. The smallest absolute Gasteiger partial charge is 0.193 e. The third-order valence-corrected chi connectivity index (χ3v) is 4.13. The predicted molar refractivity (Wildman–Crippen MR) is 80.1 cm³/mol. The first-order chi connectivity index (χ1) is 9.35. The number of piperazine rings is 1. The molecule has 19 heavy (non-hydrogen) atoms. The molecule has 1 aliphatic heterocycles. The van der Waals surface area contributed by atoms with E-state index in [1.54, 1.807) is 18.4 Å². The minimum absolute atomic E-state index is 0.282. The van der Waals surface area contributed by atoms with Gasteiger partial charge in [-0.1, -0.05) is 0 Å². The summed E-state index contributed by atoms with van der Waals surface area (Å²) in [4.78, 5) is 8.90. The zero-order valence-electron chi connectivity index (χ0n) is 11.3. The molecule has 2 heterocycles. The largest absolute Gasteiger partial charge is 0.360 e. The van der Waals surface area contributed by atoms with Crippen molar-refractivity contribution in [1.82, 2.24) is 10.2 Å². The van der Waals surface area contributed by atoms with Gasteiger partial charge in [0.25, 0.3) is 0 Å². The Balaban J connectivity index is 1.81. The SMILES string of the molecule is CN=C(NCCCF)N1CCN(c2cccs2)CC1. The van der Waals surface area contributed by atoms with Gasteiger partial charge in [-0.15, -0.1) is 11.3 Å². The van der Waals surface area contributed by atoms with Crippen molar-refractivity contribution in [2.75, 3.05) is 51.3 Å². The van der Waals surface area contributed by atoms with E-state index in [1.165, 1.54) is 5.00 Å². The molecule has 0 unspecified atom stereocenters. The number of halogens is 1. The van der Waals surface area contributed by atoms with Crippen LogP contribution in [-0.4, -0.2) is 57.3 Å². The number of aliphatic imine (C=N–C) groups is 1. The number of guanidine groups is 1. The highest BCUT2D eigenvalue weighted by Gasteiger charge is 2.19. The van der Waals surface area contributed by atoms with E-state index in [-0.39, 0.29) is 6.67 Å². The summed E-state index contributed by atoms with van der Waals surface area (Å²) in [6.07, 6.45) is 0.536. The molecule has 1 aliphatic rings. The monoisotopic (exact) mass is 284 g/mol. The van der Waals surface area contributed by atoms with Crippen molar-refractivity contribution in [1.29, 1.82) is 0 Å². The minimum Gasteiger partial charge on any atom is -0.360 e. The van der Waals surface area contributed by atoms with Crippen molar-refractivity contribution in [2.24, 2.45) is 4.99 Å². The number of rotatable bonds is 4. The van der Waals surface area contributed by atoms with Crippen LogP contribution in [0.2, 0.25) is 0 Å². The van der Waals surface area contributed by atoms with Gasteiger partial charge in [-0.3, -0.25) is 9.38 Å². The molecule has 0 aromatic carbocycles. The normalized spacial score (nSPS) is 16.8. The molecule has 0 bridgehead atoms. The van der Waals surface area contributed by atoms with Gasteiger partial charge in [0.1, 0.15) is 0 Å². The van der Waals surface area contributed by atoms with Crippen molar-refractivity contribution >= 4 is 22.3 Å². The first-order valence-electron chi connectivity index (χ1n) is 6.65. The molecule has 1 fully saturated rings. The molecule has 4 nitrogen and oxygen atoms in total. The van der Waals surface area contributed by atoms with Crippen molar-refractivity contribution in [3.05, 3.63) is 17.5 Å². The Hall–Kier alpha value is -1.30. The van der Waals surface area contributed by atoms with Crippen molar-refractivity contribution in [2.45, 2.75) is 6.42 Å². The van der Waals surface area contributed by atoms with E-state index in [9.17, 15) is 4.39 Å². The standard InChI is InChI=1S/C13H21FN4S/c1-15-13(16-6-3-5-14)18-9-7-17(8-10-18)12-4-2-11-19-12/h2,4,11H,3,5-10H2,1H3,(H,15,16). The first kappa shape index (κ1) is 14.1. The number of nitrogens with one attached hydrogen (secondary N) is 1. The second-order valence-corrected chi connectivity index (χ2v) is 5.37. The van der Waals surface area contributed by atoms with E-state index in [1.807, 2.05) is 0 Å². The van der Waals surface area contributed by atoms with Crippen molar-refractivity contribution < 1.29 is 4.39 Å². The van der Waals surface area contributed by atoms with Gasteiger partial charge >= 0.3 is 0 Å². The summed E-state index contributed by atoms with van der Waals surface area (Å²) in [5.41, 5.74) is 0. The molecule has 0 spiro atoms. The lowest BCUT2D eigenvalue weighted by atomic mass is 10.3. The minimum atomic E-state index is -0.282. The molecule has 0 amide bonds. The summed E-state index contributed by atoms with van der Waals surface area (Å²) in [5, 5.41) is 6.65. The van der Waals surface area contributed by atoms with Gasteiger partial charge in [0.05, 0.1) is 11.7 Å². The average molecular weight is 284 g/mol. The van der Waals surface area contributed by atoms with E-state index >= 15 is 0 Å². The topological polar surface area (TPSA) is 30.9 Å². The molecule has 1 saturated heterocycles. The zero-order chi connectivity index (χ0) is 13.5. The Kier molecular flexibility index (Phi) is 5.44. The van der Waals surface area contributed by atoms with Crippen LogP contribution in [0, 0.1) is 0 Å². The van der Waals surface area contributed by atoms with Crippen LogP contribution in [0.4, 0.5) is 9.39 Å². The highest BCUT2D eigenvalue weighted by molar-refractivity contribution is 7.14. The lowest BCUT2D eigenvalue weighted by Gasteiger charge is -2.37. The van der Waals surface area contributed by atoms with Gasteiger partial charge in [-0.25, -0.2) is 0 Å². The van der Waals surface area contributed by atoms with Crippen LogP contribution in [0.15, 0.2) is 22.5 Å².